The van der Waals surface area contributed by atoms with Crippen LogP contribution in [-0.2, 0) is 27.5 Å². The Morgan fingerprint density at radius 3 is 2.37 bits per heavy atom. The first-order valence-corrected chi connectivity index (χ1v) is 16.4. The number of unbranched alkanes of at least 4 members (excludes halogenated alkanes) is 1. The summed E-state index contributed by atoms with van der Waals surface area (Å²) in [4.78, 5) is 39.9. The molecule has 1 aliphatic rings. The highest BCUT2D eigenvalue weighted by atomic mass is 32.2. The molecular formula is C33H36N4O5S. The molecule has 1 aliphatic carbocycles. The van der Waals surface area contributed by atoms with Crippen molar-refractivity contribution in [3.8, 4) is 22.8 Å². The van der Waals surface area contributed by atoms with E-state index in [1.165, 1.54) is 4.57 Å². The van der Waals surface area contributed by atoms with Crippen LogP contribution in [-0.4, -0.2) is 46.1 Å². The van der Waals surface area contributed by atoms with Crippen LogP contribution in [0.15, 0.2) is 70.6 Å². The largest absolute Gasteiger partial charge is 0.491 e. The molecule has 10 heteroatoms. The second kappa shape index (κ2) is 13.0. The fourth-order valence-electron chi connectivity index (χ4n) is 5.12. The molecule has 0 amide bonds. The van der Waals surface area contributed by atoms with Crippen molar-refractivity contribution in [3.05, 3.63) is 93.9 Å². The van der Waals surface area contributed by atoms with Crippen LogP contribution in [0.25, 0.3) is 17.1 Å². The van der Waals surface area contributed by atoms with Gasteiger partial charge in [0.2, 0.25) is 5.95 Å². The Hall–Kier alpha value is -4.18. The average Bonchev–Trinajstić information content (AvgIpc) is 3.85. The first-order chi connectivity index (χ1) is 20.7. The fourth-order valence-corrected chi connectivity index (χ4v) is 6.69. The molecule has 0 N–H and O–H groups in total. The maximum Gasteiger partial charge on any atom is 0.264 e. The summed E-state index contributed by atoms with van der Waals surface area (Å²) in [5.41, 5.74) is 3.26. The summed E-state index contributed by atoms with van der Waals surface area (Å²) >= 11 is 0. The molecule has 1 fully saturated rings. The Morgan fingerprint density at radius 2 is 1.72 bits per heavy atom. The number of sulfone groups is 1. The minimum atomic E-state index is -3.79. The lowest BCUT2D eigenvalue weighted by atomic mass is 9.98. The van der Waals surface area contributed by atoms with E-state index in [2.05, 4.69) is 16.9 Å². The molecule has 2 aromatic carbocycles. The minimum absolute atomic E-state index is 0.120. The van der Waals surface area contributed by atoms with Crippen LogP contribution in [0.5, 0.6) is 5.75 Å². The number of aromatic nitrogens is 4. The van der Waals surface area contributed by atoms with Crippen LogP contribution >= 0.6 is 0 Å². The first kappa shape index (κ1) is 30.3. The van der Waals surface area contributed by atoms with Crippen molar-refractivity contribution in [2.75, 3.05) is 12.4 Å². The Morgan fingerprint density at radius 1 is 1.02 bits per heavy atom. The number of Topliss-reactive ketones (excluding diaryl/α,β-unsaturated/α-hetero) is 1. The maximum absolute atomic E-state index is 13.9. The molecule has 2 heterocycles. The number of nitrogens with zero attached hydrogens (tertiary/aromatic N) is 4. The third-order valence-electron chi connectivity index (χ3n) is 7.56. The quantitative estimate of drug-likeness (QED) is 0.208. The molecule has 2 aromatic heterocycles. The highest BCUT2D eigenvalue weighted by Gasteiger charge is 2.33. The Balaban J connectivity index is 1.46. The molecule has 1 saturated carbocycles. The van der Waals surface area contributed by atoms with Crippen LogP contribution in [0, 0.1) is 12.8 Å². The molecule has 0 aliphatic heterocycles. The summed E-state index contributed by atoms with van der Waals surface area (Å²) in [6, 6.07) is 14.3. The van der Waals surface area contributed by atoms with Crippen LogP contribution < -0.4 is 10.3 Å². The van der Waals surface area contributed by atoms with Crippen molar-refractivity contribution in [1.29, 1.82) is 0 Å². The average molecular weight is 601 g/mol. The summed E-state index contributed by atoms with van der Waals surface area (Å²) < 4.78 is 33.2. The highest BCUT2D eigenvalue weighted by molar-refractivity contribution is 7.92. The van der Waals surface area contributed by atoms with Gasteiger partial charge in [0, 0.05) is 23.5 Å². The predicted octanol–water partition coefficient (Wildman–Crippen LogP) is 5.08. The van der Waals surface area contributed by atoms with E-state index >= 15 is 0 Å². The first-order valence-electron chi connectivity index (χ1n) is 14.7. The van der Waals surface area contributed by atoms with Gasteiger partial charge in [0.1, 0.15) is 11.6 Å². The Kier molecular flexibility index (Phi) is 9.15. The van der Waals surface area contributed by atoms with E-state index < -0.39 is 15.6 Å². The second-order valence-electron chi connectivity index (χ2n) is 10.8. The topological polar surface area (TPSA) is 121 Å². The van der Waals surface area contributed by atoms with Crippen molar-refractivity contribution < 1.29 is 17.9 Å². The van der Waals surface area contributed by atoms with E-state index in [0.29, 0.717) is 42.1 Å². The van der Waals surface area contributed by atoms with Gasteiger partial charge in [0.05, 0.1) is 29.6 Å². The molecule has 0 radical (unpaired) electrons. The lowest BCUT2D eigenvalue weighted by molar-refractivity contribution is -0.117. The van der Waals surface area contributed by atoms with Crippen LogP contribution in [0.2, 0.25) is 0 Å². The summed E-state index contributed by atoms with van der Waals surface area (Å²) in [5, 5.41) is 0. The number of ether oxygens (including phenoxy) is 1. The van der Waals surface area contributed by atoms with Gasteiger partial charge in [-0.05, 0) is 56.7 Å². The van der Waals surface area contributed by atoms with Crippen molar-refractivity contribution in [3.63, 3.8) is 0 Å². The van der Waals surface area contributed by atoms with Gasteiger partial charge >= 0.3 is 0 Å². The number of hydrogen-bond acceptors (Lipinski definition) is 8. The molecular weight excluding hydrogens is 564 g/mol. The van der Waals surface area contributed by atoms with Crippen molar-refractivity contribution in [1.82, 2.24) is 19.5 Å². The summed E-state index contributed by atoms with van der Waals surface area (Å²) in [6.45, 7) is 6.23. The standard InChI is InChI=1S/C33H36N4O5S/c1-4-6-10-29-28(32(39)37(22(3)36-29)33-34-19-26(20-35-33)42-5-2)18-23-12-14-24(15-13-23)27-9-7-8-11-31(27)43(40,41)21-30(38)25-16-17-25/h7-9,11-15,19-20,25H,4-6,10,16-18,21H2,1-3H3. The van der Waals surface area contributed by atoms with Gasteiger partial charge in [-0.2, -0.15) is 0 Å². The van der Waals surface area contributed by atoms with Crippen molar-refractivity contribution in [2.24, 2.45) is 5.92 Å². The predicted molar refractivity (Wildman–Crippen MR) is 164 cm³/mol. The van der Waals surface area contributed by atoms with Gasteiger partial charge in [0.15, 0.2) is 21.4 Å². The summed E-state index contributed by atoms with van der Waals surface area (Å²) in [6.07, 6.45) is 7.51. The number of hydrogen-bond donors (Lipinski definition) is 0. The maximum atomic E-state index is 13.9. The van der Waals surface area contributed by atoms with Gasteiger partial charge in [-0.1, -0.05) is 55.8 Å². The Labute approximate surface area is 251 Å². The van der Waals surface area contributed by atoms with Gasteiger partial charge in [-0.25, -0.2) is 27.9 Å². The van der Waals surface area contributed by atoms with E-state index in [9.17, 15) is 18.0 Å². The van der Waals surface area contributed by atoms with Crippen molar-refractivity contribution >= 4 is 15.6 Å². The van der Waals surface area contributed by atoms with Gasteiger partial charge in [0.25, 0.3) is 5.56 Å². The number of rotatable bonds is 13. The molecule has 9 nitrogen and oxygen atoms in total. The van der Waals surface area contributed by atoms with E-state index in [1.54, 1.807) is 43.6 Å². The summed E-state index contributed by atoms with van der Waals surface area (Å²) in [7, 11) is -3.79. The number of benzene rings is 2. The highest BCUT2D eigenvalue weighted by Crippen LogP contribution is 2.33. The normalized spacial score (nSPS) is 13.2. The molecule has 0 bridgehead atoms. The van der Waals surface area contributed by atoms with Gasteiger partial charge in [-0.3, -0.25) is 9.59 Å². The smallest absolute Gasteiger partial charge is 0.264 e. The molecule has 0 spiro atoms. The van der Waals surface area contributed by atoms with Crippen LogP contribution in [0.3, 0.4) is 0 Å². The van der Waals surface area contributed by atoms with E-state index in [4.69, 9.17) is 9.72 Å². The lowest BCUT2D eigenvalue weighted by Crippen LogP contribution is -2.29. The van der Waals surface area contributed by atoms with Gasteiger partial charge < -0.3 is 4.74 Å². The number of aryl methyl sites for hydroxylation is 2. The summed E-state index contributed by atoms with van der Waals surface area (Å²) in [5.74, 6) is 0.460. The zero-order chi connectivity index (χ0) is 30.6. The van der Waals surface area contributed by atoms with Crippen LogP contribution in [0.1, 0.15) is 62.2 Å². The molecule has 0 saturated heterocycles. The monoisotopic (exact) mass is 600 g/mol. The second-order valence-corrected chi connectivity index (χ2v) is 12.8. The SMILES string of the molecule is CCCCc1nc(C)n(-c2ncc(OCC)cn2)c(=O)c1Cc1ccc(-c2ccccc2S(=O)(=O)CC(=O)C2CC2)cc1. The molecule has 43 heavy (non-hydrogen) atoms. The van der Waals surface area contributed by atoms with E-state index in [0.717, 1.165) is 42.5 Å². The third-order valence-corrected chi connectivity index (χ3v) is 9.25. The molecule has 0 unspecified atom stereocenters. The minimum Gasteiger partial charge on any atom is -0.491 e. The molecule has 5 rings (SSSR count). The zero-order valence-electron chi connectivity index (χ0n) is 24.7. The van der Waals surface area contributed by atoms with E-state index in [1.807, 2.05) is 31.2 Å². The number of carbonyl (C=O) groups excluding carboxylic acids is 1. The van der Waals surface area contributed by atoms with E-state index in [-0.39, 0.29) is 28.1 Å². The lowest BCUT2D eigenvalue weighted by Gasteiger charge is -2.15. The number of ketones is 1. The van der Waals surface area contributed by atoms with Crippen LogP contribution in [0.4, 0.5) is 0 Å². The molecule has 0 atom stereocenters. The Bertz CT molecular complexity index is 1780. The third kappa shape index (κ3) is 6.91. The number of carbonyl (C=O) groups is 1. The fraction of sp³-hybridized carbons (Fsp3) is 0.364. The van der Waals surface area contributed by atoms with Gasteiger partial charge in [-0.15, -0.1) is 0 Å². The van der Waals surface area contributed by atoms with Crippen molar-refractivity contribution in [2.45, 2.75) is 64.2 Å². The molecule has 4 aromatic rings. The molecule has 224 valence electrons. The zero-order valence-corrected chi connectivity index (χ0v) is 25.6.